The van der Waals surface area contributed by atoms with E-state index in [0.29, 0.717) is 6.54 Å². The summed E-state index contributed by atoms with van der Waals surface area (Å²) in [5.41, 5.74) is 0.816. The van der Waals surface area contributed by atoms with Gasteiger partial charge in [-0.25, -0.2) is 9.18 Å². The van der Waals surface area contributed by atoms with Gasteiger partial charge in [-0.05, 0) is 31.5 Å². The maximum absolute atomic E-state index is 13.9. The van der Waals surface area contributed by atoms with E-state index in [1.165, 1.54) is 19.2 Å². The Labute approximate surface area is 118 Å². The van der Waals surface area contributed by atoms with Gasteiger partial charge in [-0.15, -0.1) is 0 Å². The number of hydrogen-bond donors (Lipinski definition) is 0. The number of carbonyl (C=O) groups is 1. The van der Waals surface area contributed by atoms with Gasteiger partial charge in [-0.1, -0.05) is 6.07 Å². The van der Waals surface area contributed by atoms with Gasteiger partial charge in [0, 0.05) is 19.6 Å². The van der Waals surface area contributed by atoms with Crippen LogP contribution in [0.25, 0.3) is 0 Å². The van der Waals surface area contributed by atoms with Crippen LogP contribution in [-0.4, -0.2) is 43.3 Å². The molecule has 0 spiro atoms. The zero-order chi connectivity index (χ0) is 14.7. The van der Waals surface area contributed by atoms with Crippen LogP contribution in [0, 0.1) is 5.82 Å². The van der Waals surface area contributed by atoms with E-state index in [4.69, 9.17) is 4.74 Å². The van der Waals surface area contributed by atoms with Crippen LogP contribution in [0.2, 0.25) is 0 Å². The van der Waals surface area contributed by atoms with E-state index < -0.39 is 11.8 Å². The van der Waals surface area contributed by atoms with E-state index in [0.717, 1.165) is 18.7 Å². The molecule has 4 nitrogen and oxygen atoms in total. The average molecular weight is 281 g/mol. The van der Waals surface area contributed by atoms with Crippen LogP contribution in [0.5, 0.6) is 0 Å². The summed E-state index contributed by atoms with van der Waals surface area (Å²) in [4.78, 5) is 13.6. The number of rotatable bonds is 3. The van der Waals surface area contributed by atoms with E-state index in [1.54, 1.807) is 6.07 Å². The standard InChI is InChI=1S/C15H20FNO3/c1-10-7-17(8-11(2)20-10)9-12-4-5-13(14(16)6-12)15(18)19-3/h4-6,10-11H,7-9H2,1-3H3/t10-,11+. The van der Waals surface area contributed by atoms with Crippen LogP contribution in [0.4, 0.5) is 4.39 Å². The van der Waals surface area contributed by atoms with Gasteiger partial charge < -0.3 is 9.47 Å². The molecule has 1 fully saturated rings. The Morgan fingerprint density at radius 1 is 1.40 bits per heavy atom. The Bertz CT molecular complexity index is 482. The molecule has 2 atom stereocenters. The van der Waals surface area contributed by atoms with Crippen molar-refractivity contribution in [2.24, 2.45) is 0 Å². The van der Waals surface area contributed by atoms with Crippen molar-refractivity contribution in [2.75, 3.05) is 20.2 Å². The predicted octanol–water partition coefficient (Wildman–Crippen LogP) is 2.22. The molecule has 1 aliphatic rings. The molecule has 0 aromatic heterocycles. The lowest BCUT2D eigenvalue weighted by atomic mass is 10.1. The molecule has 1 aliphatic heterocycles. The summed E-state index contributed by atoms with van der Waals surface area (Å²) in [6.45, 7) is 6.36. The quantitative estimate of drug-likeness (QED) is 0.796. The second-order valence-electron chi connectivity index (χ2n) is 5.26. The SMILES string of the molecule is COC(=O)c1ccc(CN2C[C@@H](C)O[C@@H](C)C2)cc1F. The molecular weight excluding hydrogens is 261 g/mol. The van der Waals surface area contributed by atoms with E-state index >= 15 is 0 Å². The third-order valence-corrected chi connectivity index (χ3v) is 3.34. The molecule has 0 amide bonds. The second kappa shape index (κ2) is 6.33. The number of ether oxygens (including phenoxy) is 2. The smallest absolute Gasteiger partial charge is 0.340 e. The summed E-state index contributed by atoms with van der Waals surface area (Å²) in [6.07, 6.45) is 0.357. The fourth-order valence-corrected chi connectivity index (χ4v) is 2.60. The normalized spacial score (nSPS) is 23.6. The summed E-state index contributed by atoms with van der Waals surface area (Å²) in [5.74, 6) is -1.19. The number of morpholine rings is 1. The summed E-state index contributed by atoms with van der Waals surface area (Å²) < 4.78 is 24.0. The lowest BCUT2D eigenvalue weighted by molar-refractivity contribution is -0.0705. The zero-order valence-electron chi connectivity index (χ0n) is 12.1. The first-order chi connectivity index (χ1) is 9.49. The van der Waals surface area contributed by atoms with Crippen LogP contribution in [0.3, 0.4) is 0 Å². The molecule has 0 aliphatic carbocycles. The van der Waals surface area contributed by atoms with Crippen LogP contribution < -0.4 is 0 Å². The number of nitrogens with zero attached hydrogens (tertiary/aromatic N) is 1. The molecule has 0 saturated carbocycles. The third kappa shape index (κ3) is 3.55. The van der Waals surface area contributed by atoms with E-state index in [1.807, 2.05) is 13.8 Å². The Morgan fingerprint density at radius 2 is 2.05 bits per heavy atom. The second-order valence-corrected chi connectivity index (χ2v) is 5.26. The van der Waals surface area contributed by atoms with Crippen molar-refractivity contribution >= 4 is 5.97 Å². The largest absolute Gasteiger partial charge is 0.465 e. The van der Waals surface area contributed by atoms with Crippen molar-refractivity contribution in [2.45, 2.75) is 32.6 Å². The van der Waals surface area contributed by atoms with E-state index in [9.17, 15) is 9.18 Å². The summed E-state index contributed by atoms with van der Waals surface area (Å²) in [7, 11) is 1.24. The van der Waals surface area contributed by atoms with Gasteiger partial charge >= 0.3 is 5.97 Å². The fourth-order valence-electron chi connectivity index (χ4n) is 2.60. The van der Waals surface area contributed by atoms with Crippen LogP contribution in [0.1, 0.15) is 29.8 Å². The zero-order valence-corrected chi connectivity index (χ0v) is 12.1. The van der Waals surface area contributed by atoms with Gasteiger partial charge in [0.05, 0.1) is 24.9 Å². The molecule has 2 rings (SSSR count). The molecule has 20 heavy (non-hydrogen) atoms. The maximum Gasteiger partial charge on any atom is 0.340 e. The number of carbonyl (C=O) groups excluding carboxylic acids is 1. The minimum atomic E-state index is -0.650. The van der Waals surface area contributed by atoms with Crippen molar-refractivity contribution in [1.82, 2.24) is 4.90 Å². The van der Waals surface area contributed by atoms with Gasteiger partial charge in [-0.2, -0.15) is 0 Å². The Hall–Kier alpha value is -1.46. The first kappa shape index (κ1) is 14.9. The predicted molar refractivity (Wildman–Crippen MR) is 73.0 cm³/mol. The minimum absolute atomic E-state index is 0.0278. The molecule has 5 heteroatoms. The first-order valence-corrected chi connectivity index (χ1v) is 6.74. The molecule has 0 radical (unpaired) electrons. The Balaban J connectivity index is 2.07. The average Bonchev–Trinajstić information content (AvgIpc) is 2.36. The van der Waals surface area contributed by atoms with Crippen LogP contribution in [0.15, 0.2) is 18.2 Å². The third-order valence-electron chi connectivity index (χ3n) is 3.34. The van der Waals surface area contributed by atoms with Crippen molar-refractivity contribution in [1.29, 1.82) is 0 Å². The summed E-state index contributed by atoms with van der Waals surface area (Å²) in [6, 6.07) is 4.64. The number of methoxy groups -OCH3 is 1. The molecule has 1 saturated heterocycles. The molecule has 0 N–H and O–H groups in total. The van der Waals surface area contributed by atoms with Gasteiger partial charge in [0.25, 0.3) is 0 Å². The lowest BCUT2D eigenvalue weighted by Crippen LogP contribution is -2.44. The maximum atomic E-state index is 13.9. The van der Waals surface area contributed by atoms with Crippen molar-refractivity contribution in [3.8, 4) is 0 Å². The van der Waals surface area contributed by atoms with Gasteiger partial charge in [0.15, 0.2) is 0 Å². The summed E-state index contributed by atoms with van der Waals surface area (Å²) >= 11 is 0. The molecule has 0 bridgehead atoms. The van der Waals surface area contributed by atoms with Crippen molar-refractivity contribution in [3.63, 3.8) is 0 Å². The molecule has 110 valence electrons. The van der Waals surface area contributed by atoms with Crippen LogP contribution >= 0.6 is 0 Å². The summed E-state index contributed by atoms with van der Waals surface area (Å²) in [5, 5.41) is 0. The van der Waals surface area contributed by atoms with Gasteiger partial charge in [0.1, 0.15) is 5.82 Å². The number of hydrogen-bond acceptors (Lipinski definition) is 4. The number of halogens is 1. The highest BCUT2D eigenvalue weighted by atomic mass is 19.1. The Morgan fingerprint density at radius 3 is 2.60 bits per heavy atom. The highest BCUT2D eigenvalue weighted by Crippen LogP contribution is 2.17. The van der Waals surface area contributed by atoms with E-state index in [-0.39, 0.29) is 17.8 Å². The van der Waals surface area contributed by atoms with Crippen LogP contribution in [-0.2, 0) is 16.0 Å². The van der Waals surface area contributed by atoms with E-state index in [2.05, 4.69) is 9.64 Å². The molecular formula is C15H20FNO3. The lowest BCUT2D eigenvalue weighted by Gasteiger charge is -2.35. The topological polar surface area (TPSA) is 38.8 Å². The highest BCUT2D eigenvalue weighted by molar-refractivity contribution is 5.89. The monoisotopic (exact) mass is 281 g/mol. The molecule has 0 unspecified atom stereocenters. The first-order valence-electron chi connectivity index (χ1n) is 6.74. The Kier molecular flexibility index (Phi) is 4.73. The molecule has 1 aromatic carbocycles. The number of esters is 1. The molecule has 1 aromatic rings. The fraction of sp³-hybridized carbons (Fsp3) is 0.533. The van der Waals surface area contributed by atoms with Crippen molar-refractivity contribution < 1.29 is 18.7 Å². The van der Waals surface area contributed by atoms with Crippen molar-refractivity contribution in [3.05, 3.63) is 35.1 Å². The minimum Gasteiger partial charge on any atom is -0.465 e. The number of benzene rings is 1. The van der Waals surface area contributed by atoms with Gasteiger partial charge in [-0.3, -0.25) is 4.90 Å². The molecule has 1 heterocycles. The van der Waals surface area contributed by atoms with Gasteiger partial charge in [0.2, 0.25) is 0 Å². The highest BCUT2D eigenvalue weighted by Gasteiger charge is 2.22.